The number of para-hydroxylation sites is 3. The lowest BCUT2D eigenvalue weighted by atomic mass is 9.66. The second-order valence-electron chi connectivity index (χ2n) is 19.1. The minimum absolute atomic E-state index is 0.616. The molecule has 73 heavy (non-hydrogen) atoms. The Labute approximate surface area is 426 Å². The van der Waals surface area contributed by atoms with Crippen LogP contribution in [0.4, 0.5) is 17.1 Å². The van der Waals surface area contributed by atoms with Crippen LogP contribution in [0, 0.1) is 0 Å². The van der Waals surface area contributed by atoms with Crippen molar-refractivity contribution in [2.24, 2.45) is 0 Å². The van der Waals surface area contributed by atoms with E-state index in [1.165, 1.54) is 72.0 Å². The van der Waals surface area contributed by atoms with E-state index in [1.54, 1.807) is 0 Å². The fourth-order valence-electron chi connectivity index (χ4n) is 11.9. The van der Waals surface area contributed by atoms with E-state index in [0.717, 1.165) is 56.4 Å². The van der Waals surface area contributed by atoms with Gasteiger partial charge in [0.15, 0.2) is 0 Å². The highest BCUT2D eigenvalue weighted by Crippen LogP contribution is 2.63. The Hall–Kier alpha value is -9.50. The number of hydrogen-bond acceptors (Lipinski definition) is 2. The molecule has 12 aromatic rings. The van der Waals surface area contributed by atoms with Gasteiger partial charge < -0.3 is 9.64 Å². The van der Waals surface area contributed by atoms with Crippen molar-refractivity contribution in [1.82, 2.24) is 0 Å². The average molecular weight is 930 g/mol. The summed E-state index contributed by atoms with van der Waals surface area (Å²) in [5.41, 5.74) is 21.6. The molecule has 0 atom stereocenters. The maximum atomic E-state index is 6.74. The number of rotatable bonds is 8. The summed E-state index contributed by atoms with van der Waals surface area (Å²) in [5, 5.41) is 2.50. The highest BCUT2D eigenvalue weighted by Gasteiger charge is 2.51. The highest BCUT2D eigenvalue weighted by molar-refractivity contribution is 5.98. The average Bonchev–Trinajstić information content (AvgIpc) is 3.76. The molecular formula is C71H47NO. The van der Waals surface area contributed by atoms with E-state index in [4.69, 9.17) is 4.74 Å². The SMILES string of the molecule is c1ccc(-c2ccccc2-c2ccccc2-c2ccccc2N(c2ccc(-c3ccc(-c4ccc5ccccc5c4)cc3)cc2)c2ccc3c(c2)C2(c4ccccc4Oc4ccccc42)c2ccccc2-3)cc1. The van der Waals surface area contributed by atoms with Crippen molar-refractivity contribution in [3.63, 3.8) is 0 Å². The van der Waals surface area contributed by atoms with Crippen LogP contribution >= 0.6 is 0 Å². The van der Waals surface area contributed by atoms with E-state index in [9.17, 15) is 0 Å². The molecular weight excluding hydrogens is 883 g/mol. The number of nitrogens with zero attached hydrogens (tertiary/aromatic N) is 1. The molecule has 0 fully saturated rings. The molecule has 2 heteroatoms. The Balaban J connectivity index is 0.951. The Bertz CT molecular complexity index is 4010. The standard InChI is InChI=1S/C71H47NO/c1-2-19-52(20-3-1)57-22-6-7-23-58(57)59-24-8-9-25-60(59)63-27-11-15-31-68(63)72(55-42-40-50(41-43-55)49-34-36-51(37-35-49)54-39-38-48-18-4-5-21-53(48)46-54)56-44-45-62-61-26-10-12-28-64(61)71(67(62)47-56)65-29-13-16-32-69(65)73-70-33-17-14-30-66(70)71/h1-47H. The third-order valence-corrected chi connectivity index (χ3v) is 15.2. The summed E-state index contributed by atoms with van der Waals surface area (Å²) in [4.78, 5) is 2.47. The van der Waals surface area contributed by atoms with Crippen LogP contribution in [0.2, 0.25) is 0 Å². The van der Waals surface area contributed by atoms with Crippen molar-refractivity contribution in [3.8, 4) is 78.3 Å². The molecule has 1 aliphatic carbocycles. The van der Waals surface area contributed by atoms with Crippen LogP contribution in [0.15, 0.2) is 285 Å². The van der Waals surface area contributed by atoms with Crippen LogP contribution in [0.5, 0.6) is 11.5 Å². The zero-order valence-corrected chi connectivity index (χ0v) is 40.0. The van der Waals surface area contributed by atoms with Gasteiger partial charge in [-0.3, -0.25) is 0 Å². The second-order valence-corrected chi connectivity index (χ2v) is 19.1. The summed E-state index contributed by atoms with van der Waals surface area (Å²) in [7, 11) is 0. The molecule has 342 valence electrons. The molecule has 0 bridgehead atoms. The normalized spacial score (nSPS) is 12.6. The fourth-order valence-corrected chi connectivity index (χ4v) is 11.9. The Morgan fingerprint density at radius 2 is 0.699 bits per heavy atom. The van der Waals surface area contributed by atoms with Crippen molar-refractivity contribution in [3.05, 3.63) is 307 Å². The predicted molar refractivity (Wildman–Crippen MR) is 303 cm³/mol. The third-order valence-electron chi connectivity index (χ3n) is 15.2. The maximum Gasteiger partial charge on any atom is 0.132 e. The molecule has 1 spiro atoms. The van der Waals surface area contributed by atoms with Crippen LogP contribution < -0.4 is 9.64 Å². The monoisotopic (exact) mass is 929 g/mol. The molecule has 0 saturated heterocycles. The van der Waals surface area contributed by atoms with E-state index >= 15 is 0 Å². The van der Waals surface area contributed by atoms with Gasteiger partial charge in [0.1, 0.15) is 11.5 Å². The van der Waals surface area contributed by atoms with Gasteiger partial charge in [0.05, 0.1) is 11.1 Å². The quantitative estimate of drug-likeness (QED) is 0.151. The van der Waals surface area contributed by atoms with Crippen molar-refractivity contribution in [2.75, 3.05) is 4.90 Å². The van der Waals surface area contributed by atoms with Gasteiger partial charge in [-0.05, 0) is 132 Å². The van der Waals surface area contributed by atoms with Crippen LogP contribution in [0.25, 0.3) is 77.5 Å². The molecule has 2 aliphatic rings. The Morgan fingerprint density at radius 3 is 1.38 bits per heavy atom. The van der Waals surface area contributed by atoms with Gasteiger partial charge in [0.2, 0.25) is 0 Å². The van der Waals surface area contributed by atoms with Gasteiger partial charge in [0, 0.05) is 28.1 Å². The molecule has 0 unspecified atom stereocenters. The predicted octanol–water partition coefficient (Wildman–Crippen LogP) is 19.1. The van der Waals surface area contributed by atoms with E-state index < -0.39 is 5.41 Å². The lowest BCUT2D eigenvalue weighted by molar-refractivity contribution is 0.436. The van der Waals surface area contributed by atoms with Crippen molar-refractivity contribution in [2.45, 2.75) is 5.41 Å². The summed E-state index contributed by atoms with van der Waals surface area (Å²) in [6, 6.07) is 104. The van der Waals surface area contributed by atoms with Crippen LogP contribution in [-0.2, 0) is 5.41 Å². The van der Waals surface area contributed by atoms with Gasteiger partial charge >= 0.3 is 0 Å². The zero-order chi connectivity index (χ0) is 48.3. The minimum Gasteiger partial charge on any atom is -0.457 e. The molecule has 2 nitrogen and oxygen atoms in total. The van der Waals surface area contributed by atoms with Crippen molar-refractivity contribution < 1.29 is 4.74 Å². The van der Waals surface area contributed by atoms with Gasteiger partial charge in [-0.1, -0.05) is 237 Å². The molecule has 1 aliphatic heterocycles. The van der Waals surface area contributed by atoms with E-state index in [2.05, 4.69) is 290 Å². The third kappa shape index (κ3) is 6.94. The molecule has 0 amide bonds. The summed E-state index contributed by atoms with van der Waals surface area (Å²) >= 11 is 0. The molecule has 14 rings (SSSR count). The number of ether oxygens (including phenoxy) is 1. The first-order valence-corrected chi connectivity index (χ1v) is 25.2. The molecule has 0 saturated carbocycles. The van der Waals surface area contributed by atoms with Crippen LogP contribution in [-0.4, -0.2) is 0 Å². The van der Waals surface area contributed by atoms with Crippen molar-refractivity contribution in [1.29, 1.82) is 0 Å². The Morgan fingerprint density at radius 1 is 0.247 bits per heavy atom. The molecule has 12 aromatic carbocycles. The summed E-state index contributed by atoms with van der Waals surface area (Å²) in [6.45, 7) is 0. The van der Waals surface area contributed by atoms with Gasteiger partial charge in [0.25, 0.3) is 0 Å². The maximum absolute atomic E-state index is 6.74. The summed E-state index contributed by atoms with van der Waals surface area (Å²) in [6.07, 6.45) is 0. The first-order chi connectivity index (χ1) is 36.2. The van der Waals surface area contributed by atoms with E-state index in [-0.39, 0.29) is 0 Å². The first-order valence-electron chi connectivity index (χ1n) is 25.2. The van der Waals surface area contributed by atoms with Gasteiger partial charge in [-0.2, -0.15) is 0 Å². The molecule has 0 radical (unpaired) electrons. The lowest BCUT2D eigenvalue weighted by Crippen LogP contribution is -2.32. The first kappa shape index (κ1) is 42.4. The molecule has 1 heterocycles. The summed E-state index contributed by atoms with van der Waals surface area (Å²) < 4.78 is 6.74. The molecule has 0 aromatic heterocycles. The lowest BCUT2D eigenvalue weighted by Gasteiger charge is -2.39. The van der Waals surface area contributed by atoms with Crippen LogP contribution in [0.1, 0.15) is 22.3 Å². The van der Waals surface area contributed by atoms with Crippen LogP contribution in [0.3, 0.4) is 0 Å². The van der Waals surface area contributed by atoms with E-state index in [1.807, 2.05) is 0 Å². The largest absolute Gasteiger partial charge is 0.457 e. The highest BCUT2D eigenvalue weighted by atomic mass is 16.5. The van der Waals surface area contributed by atoms with Gasteiger partial charge in [-0.15, -0.1) is 0 Å². The van der Waals surface area contributed by atoms with Gasteiger partial charge in [-0.25, -0.2) is 0 Å². The molecule has 0 N–H and O–H groups in total. The smallest absolute Gasteiger partial charge is 0.132 e. The minimum atomic E-state index is -0.616. The van der Waals surface area contributed by atoms with Crippen molar-refractivity contribution >= 4 is 27.8 Å². The fraction of sp³-hybridized carbons (Fsp3) is 0.0141. The number of benzene rings is 12. The number of hydrogen-bond donors (Lipinski definition) is 0. The number of anilines is 3. The number of fused-ring (bicyclic) bond motifs is 10. The topological polar surface area (TPSA) is 12.5 Å². The second kappa shape index (κ2) is 17.4. The van der Waals surface area contributed by atoms with E-state index in [0.29, 0.717) is 0 Å². The Kier molecular flexibility index (Phi) is 10.1. The zero-order valence-electron chi connectivity index (χ0n) is 40.0. The summed E-state index contributed by atoms with van der Waals surface area (Å²) in [5.74, 6) is 1.76.